The Hall–Kier alpha value is -2.43. The molecule has 0 heterocycles. The molecule has 1 aromatic carbocycles. The SMILES string of the molecule is COCCOCCOc1ccc(NC(=O)C(C#N)C(C)=O)cc1. The van der Waals surface area contributed by atoms with Crippen LogP contribution in [-0.4, -0.2) is 45.2 Å². The Balaban J connectivity index is 2.40. The smallest absolute Gasteiger partial charge is 0.249 e. The summed E-state index contributed by atoms with van der Waals surface area (Å²) in [6.45, 7) is 3.11. The van der Waals surface area contributed by atoms with Gasteiger partial charge in [-0.15, -0.1) is 0 Å². The van der Waals surface area contributed by atoms with Crippen molar-refractivity contribution in [2.75, 3.05) is 38.9 Å². The fourth-order valence-corrected chi connectivity index (χ4v) is 1.65. The lowest BCUT2D eigenvalue weighted by Gasteiger charge is -2.10. The zero-order chi connectivity index (χ0) is 17.1. The van der Waals surface area contributed by atoms with E-state index in [0.29, 0.717) is 37.9 Å². The Bertz CT molecular complexity index is 551. The molecule has 0 aliphatic rings. The molecule has 1 unspecified atom stereocenters. The quantitative estimate of drug-likeness (QED) is 0.517. The molecule has 0 aliphatic heterocycles. The van der Waals surface area contributed by atoms with Crippen LogP contribution in [-0.2, 0) is 19.1 Å². The molecule has 1 N–H and O–H groups in total. The third-order valence-electron chi connectivity index (χ3n) is 2.85. The summed E-state index contributed by atoms with van der Waals surface area (Å²) < 4.78 is 15.6. The number of nitrogens with zero attached hydrogens (tertiary/aromatic N) is 1. The first kappa shape index (κ1) is 18.6. The van der Waals surface area contributed by atoms with E-state index in [2.05, 4.69) is 5.32 Å². The molecule has 0 radical (unpaired) electrons. The van der Waals surface area contributed by atoms with Crippen LogP contribution in [0, 0.1) is 17.2 Å². The molecule has 0 fully saturated rings. The van der Waals surface area contributed by atoms with Gasteiger partial charge >= 0.3 is 0 Å². The fourth-order valence-electron chi connectivity index (χ4n) is 1.65. The number of anilines is 1. The van der Waals surface area contributed by atoms with Crippen molar-refractivity contribution in [3.8, 4) is 11.8 Å². The number of carbonyl (C=O) groups is 2. The maximum Gasteiger partial charge on any atom is 0.249 e. The van der Waals surface area contributed by atoms with Crippen molar-refractivity contribution < 1.29 is 23.8 Å². The van der Waals surface area contributed by atoms with Gasteiger partial charge in [-0.3, -0.25) is 9.59 Å². The number of hydrogen-bond donors (Lipinski definition) is 1. The predicted molar refractivity (Wildman–Crippen MR) is 83.0 cm³/mol. The molecule has 23 heavy (non-hydrogen) atoms. The molecule has 7 nitrogen and oxygen atoms in total. The van der Waals surface area contributed by atoms with Crippen LogP contribution in [0.25, 0.3) is 0 Å². The minimum Gasteiger partial charge on any atom is -0.491 e. The molecule has 0 aliphatic carbocycles. The molecule has 7 heteroatoms. The number of Topliss-reactive ketones (excluding diaryl/α,β-unsaturated/α-hetero) is 1. The number of amides is 1. The third kappa shape index (κ3) is 6.91. The highest BCUT2D eigenvalue weighted by atomic mass is 16.5. The lowest BCUT2D eigenvalue weighted by molar-refractivity contribution is -0.127. The van der Waals surface area contributed by atoms with E-state index in [0.717, 1.165) is 0 Å². The second-order valence-corrected chi connectivity index (χ2v) is 4.64. The van der Waals surface area contributed by atoms with E-state index in [4.69, 9.17) is 19.5 Å². The Morgan fingerprint density at radius 2 is 1.83 bits per heavy atom. The van der Waals surface area contributed by atoms with Gasteiger partial charge in [0.05, 0.1) is 25.9 Å². The molecule has 1 aromatic rings. The molecule has 1 atom stereocenters. The van der Waals surface area contributed by atoms with Gasteiger partial charge in [-0.1, -0.05) is 0 Å². The van der Waals surface area contributed by atoms with Crippen LogP contribution in [0.5, 0.6) is 5.75 Å². The maximum absolute atomic E-state index is 11.8. The third-order valence-corrected chi connectivity index (χ3v) is 2.85. The standard InChI is InChI=1S/C16H20N2O5/c1-12(19)15(11-17)16(20)18-13-3-5-14(6-4-13)23-10-9-22-8-7-21-2/h3-6,15H,7-10H2,1-2H3,(H,18,20). The second-order valence-electron chi connectivity index (χ2n) is 4.64. The number of ketones is 1. The van der Waals surface area contributed by atoms with Crippen molar-refractivity contribution in [1.29, 1.82) is 5.26 Å². The van der Waals surface area contributed by atoms with E-state index >= 15 is 0 Å². The minimum atomic E-state index is -1.30. The van der Waals surface area contributed by atoms with Crippen molar-refractivity contribution >= 4 is 17.4 Å². The summed E-state index contributed by atoms with van der Waals surface area (Å²) in [6.07, 6.45) is 0. The van der Waals surface area contributed by atoms with Crippen LogP contribution < -0.4 is 10.1 Å². The molecular formula is C16H20N2O5. The first-order valence-electron chi connectivity index (χ1n) is 7.09. The maximum atomic E-state index is 11.8. The zero-order valence-electron chi connectivity index (χ0n) is 13.2. The van der Waals surface area contributed by atoms with Gasteiger partial charge in [-0.25, -0.2) is 0 Å². The van der Waals surface area contributed by atoms with Crippen molar-refractivity contribution in [3.63, 3.8) is 0 Å². The summed E-state index contributed by atoms with van der Waals surface area (Å²) >= 11 is 0. The van der Waals surface area contributed by atoms with Crippen molar-refractivity contribution in [3.05, 3.63) is 24.3 Å². The number of hydrogen-bond acceptors (Lipinski definition) is 6. The summed E-state index contributed by atoms with van der Waals surface area (Å²) in [5.74, 6) is -1.80. The summed E-state index contributed by atoms with van der Waals surface area (Å²) in [5, 5.41) is 11.3. The fraction of sp³-hybridized carbons (Fsp3) is 0.438. The Morgan fingerprint density at radius 1 is 1.17 bits per heavy atom. The van der Waals surface area contributed by atoms with Crippen molar-refractivity contribution in [2.45, 2.75) is 6.92 Å². The zero-order valence-corrected chi connectivity index (χ0v) is 13.2. The predicted octanol–water partition coefficient (Wildman–Crippen LogP) is 1.40. The van der Waals surface area contributed by atoms with E-state index in [1.807, 2.05) is 0 Å². The number of ether oxygens (including phenoxy) is 3. The van der Waals surface area contributed by atoms with Gasteiger partial charge in [-0.05, 0) is 31.2 Å². The van der Waals surface area contributed by atoms with Crippen LogP contribution in [0.4, 0.5) is 5.69 Å². The largest absolute Gasteiger partial charge is 0.491 e. The second kappa shape index (κ2) is 10.3. The van der Waals surface area contributed by atoms with E-state index in [1.54, 1.807) is 37.4 Å². The highest BCUT2D eigenvalue weighted by Crippen LogP contribution is 2.16. The van der Waals surface area contributed by atoms with Crippen LogP contribution in [0.1, 0.15) is 6.92 Å². The normalized spacial score (nSPS) is 11.3. The summed E-state index contributed by atoms with van der Waals surface area (Å²) in [6, 6.07) is 8.30. The molecule has 0 saturated carbocycles. The molecule has 124 valence electrons. The first-order valence-corrected chi connectivity index (χ1v) is 7.09. The van der Waals surface area contributed by atoms with Gasteiger partial charge in [0, 0.05) is 12.8 Å². The first-order chi connectivity index (χ1) is 11.1. The summed E-state index contributed by atoms with van der Waals surface area (Å²) in [5.41, 5.74) is 0.486. The molecule has 1 rings (SSSR count). The van der Waals surface area contributed by atoms with Crippen LogP contribution in [0.2, 0.25) is 0 Å². The molecule has 0 saturated heterocycles. The highest BCUT2D eigenvalue weighted by Gasteiger charge is 2.22. The highest BCUT2D eigenvalue weighted by molar-refractivity contribution is 6.08. The lowest BCUT2D eigenvalue weighted by Crippen LogP contribution is -2.26. The monoisotopic (exact) mass is 320 g/mol. The number of methoxy groups -OCH3 is 1. The Kier molecular flexibility index (Phi) is 8.36. The number of rotatable bonds is 10. The summed E-state index contributed by atoms with van der Waals surface area (Å²) in [4.78, 5) is 22.9. The van der Waals surface area contributed by atoms with Crippen molar-refractivity contribution in [1.82, 2.24) is 0 Å². The van der Waals surface area contributed by atoms with Crippen LogP contribution in [0.3, 0.4) is 0 Å². The van der Waals surface area contributed by atoms with Gasteiger partial charge in [0.25, 0.3) is 0 Å². The van der Waals surface area contributed by atoms with E-state index in [9.17, 15) is 9.59 Å². The molecule has 0 aromatic heterocycles. The summed E-state index contributed by atoms with van der Waals surface area (Å²) in [7, 11) is 1.61. The molecule has 0 spiro atoms. The number of benzene rings is 1. The average molecular weight is 320 g/mol. The molecule has 1 amide bonds. The van der Waals surface area contributed by atoms with E-state index in [-0.39, 0.29) is 0 Å². The topological polar surface area (TPSA) is 97.7 Å². The molecule has 0 bridgehead atoms. The average Bonchev–Trinajstić information content (AvgIpc) is 2.52. The van der Waals surface area contributed by atoms with Gasteiger partial charge < -0.3 is 19.5 Å². The lowest BCUT2D eigenvalue weighted by atomic mass is 10.1. The molecular weight excluding hydrogens is 300 g/mol. The van der Waals surface area contributed by atoms with Crippen molar-refractivity contribution in [2.24, 2.45) is 5.92 Å². The van der Waals surface area contributed by atoms with Gasteiger partial charge in [-0.2, -0.15) is 5.26 Å². The van der Waals surface area contributed by atoms with E-state index in [1.165, 1.54) is 6.92 Å². The van der Waals surface area contributed by atoms with Crippen LogP contribution in [0.15, 0.2) is 24.3 Å². The Morgan fingerprint density at radius 3 is 2.39 bits per heavy atom. The van der Waals surface area contributed by atoms with E-state index < -0.39 is 17.6 Å². The Labute approximate surface area is 135 Å². The van der Waals surface area contributed by atoms with Gasteiger partial charge in [0.2, 0.25) is 5.91 Å². The number of carbonyl (C=O) groups excluding carboxylic acids is 2. The number of nitrogens with one attached hydrogen (secondary N) is 1. The van der Waals surface area contributed by atoms with Crippen LogP contribution >= 0.6 is 0 Å². The minimum absolute atomic E-state index is 0.399. The number of nitriles is 1. The van der Waals surface area contributed by atoms with Gasteiger partial charge in [0.15, 0.2) is 11.7 Å². The van der Waals surface area contributed by atoms with Gasteiger partial charge in [0.1, 0.15) is 12.4 Å².